The fourth-order valence-electron chi connectivity index (χ4n) is 3.76. The molecule has 7 nitrogen and oxygen atoms in total. The molecular formula is C26H23N5O2. The first-order chi connectivity index (χ1) is 16.2. The number of ether oxygens (including phenoxy) is 1. The molecule has 0 spiro atoms. The Morgan fingerprint density at radius 1 is 0.879 bits per heavy atom. The van der Waals surface area contributed by atoms with E-state index in [1.807, 2.05) is 85.9 Å². The summed E-state index contributed by atoms with van der Waals surface area (Å²) in [5, 5.41) is 8.89. The number of aryl methyl sites for hydroxylation is 1. The largest absolute Gasteiger partial charge is 0.487 e. The quantitative estimate of drug-likeness (QED) is 0.385. The summed E-state index contributed by atoms with van der Waals surface area (Å²) in [6, 6.07) is 25.4. The summed E-state index contributed by atoms with van der Waals surface area (Å²) < 4.78 is 9.39. The number of hydrogen-bond donors (Lipinski definition) is 0. The molecule has 33 heavy (non-hydrogen) atoms. The van der Waals surface area contributed by atoms with Gasteiger partial charge in [0.05, 0.1) is 30.2 Å². The molecule has 2 heterocycles. The molecule has 0 aliphatic heterocycles. The van der Waals surface area contributed by atoms with Gasteiger partial charge in [-0.1, -0.05) is 65.9 Å². The van der Waals surface area contributed by atoms with Gasteiger partial charge >= 0.3 is 0 Å². The highest BCUT2D eigenvalue weighted by Gasteiger charge is 2.11. The van der Waals surface area contributed by atoms with Crippen LogP contribution < -0.4 is 10.3 Å². The van der Waals surface area contributed by atoms with Crippen LogP contribution in [0.2, 0.25) is 0 Å². The van der Waals surface area contributed by atoms with Crippen molar-refractivity contribution in [2.24, 2.45) is 0 Å². The zero-order chi connectivity index (χ0) is 22.6. The fraction of sp³-hybridized carbons (Fsp3) is 0.154. The molecule has 0 aliphatic rings. The predicted octanol–water partition coefficient (Wildman–Crippen LogP) is 3.97. The van der Waals surface area contributed by atoms with E-state index in [2.05, 4.69) is 15.3 Å². The number of aromatic nitrogens is 5. The van der Waals surface area contributed by atoms with Crippen LogP contribution in [0.25, 0.3) is 10.9 Å². The number of rotatable bonds is 7. The average molecular weight is 438 g/mol. The Morgan fingerprint density at radius 3 is 2.30 bits per heavy atom. The number of nitrogens with zero attached hydrogens (tertiary/aromatic N) is 5. The normalized spacial score (nSPS) is 11.1. The maximum atomic E-state index is 13.2. The Bertz CT molecular complexity index is 1440. The first-order valence-corrected chi connectivity index (χ1v) is 10.8. The van der Waals surface area contributed by atoms with E-state index in [4.69, 9.17) is 4.74 Å². The van der Waals surface area contributed by atoms with Crippen LogP contribution in [-0.2, 0) is 19.7 Å². The zero-order valence-corrected chi connectivity index (χ0v) is 18.3. The van der Waals surface area contributed by atoms with Gasteiger partial charge in [0.15, 0.2) is 0 Å². The minimum Gasteiger partial charge on any atom is -0.487 e. The van der Waals surface area contributed by atoms with E-state index in [9.17, 15) is 4.79 Å². The SMILES string of the molecule is Cc1nc2ccc(OCc3cn(Cc4ccccc4)nn3)cc2c(=O)n1Cc1ccccc1. The summed E-state index contributed by atoms with van der Waals surface area (Å²) in [4.78, 5) is 17.8. The monoisotopic (exact) mass is 437 g/mol. The number of fused-ring (bicyclic) bond motifs is 1. The van der Waals surface area contributed by atoms with Gasteiger partial charge in [-0.05, 0) is 36.2 Å². The van der Waals surface area contributed by atoms with Gasteiger partial charge in [0.2, 0.25) is 0 Å². The van der Waals surface area contributed by atoms with E-state index >= 15 is 0 Å². The van der Waals surface area contributed by atoms with Gasteiger partial charge in [-0.15, -0.1) is 5.10 Å². The Labute approximate surface area is 190 Å². The summed E-state index contributed by atoms with van der Waals surface area (Å²) in [6.45, 7) is 3.24. The molecule has 7 heteroatoms. The molecule has 5 aromatic rings. The highest BCUT2D eigenvalue weighted by molar-refractivity contribution is 5.79. The average Bonchev–Trinajstić information content (AvgIpc) is 3.29. The first-order valence-electron chi connectivity index (χ1n) is 10.8. The van der Waals surface area contributed by atoms with Crippen LogP contribution in [0, 0.1) is 6.92 Å². The van der Waals surface area contributed by atoms with Crippen molar-refractivity contribution in [3.8, 4) is 5.75 Å². The van der Waals surface area contributed by atoms with Crippen molar-refractivity contribution in [1.29, 1.82) is 0 Å². The van der Waals surface area contributed by atoms with Crippen LogP contribution >= 0.6 is 0 Å². The Balaban J connectivity index is 1.33. The molecule has 0 unspecified atom stereocenters. The second-order valence-corrected chi connectivity index (χ2v) is 7.90. The minimum absolute atomic E-state index is 0.0828. The summed E-state index contributed by atoms with van der Waals surface area (Å²) in [5.74, 6) is 1.27. The third-order valence-electron chi connectivity index (χ3n) is 5.46. The highest BCUT2D eigenvalue weighted by atomic mass is 16.5. The lowest BCUT2D eigenvalue weighted by Gasteiger charge is -2.12. The number of benzene rings is 3. The van der Waals surface area contributed by atoms with E-state index in [1.54, 1.807) is 15.3 Å². The van der Waals surface area contributed by atoms with Crippen LogP contribution in [0.15, 0.2) is 89.9 Å². The molecule has 2 aromatic heterocycles. The van der Waals surface area contributed by atoms with Crippen molar-refractivity contribution in [3.63, 3.8) is 0 Å². The third-order valence-corrected chi connectivity index (χ3v) is 5.46. The van der Waals surface area contributed by atoms with Crippen molar-refractivity contribution in [1.82, 2.24) is 24.5 Å². The van der Waals surface area contributed by atoms with E-state index in [0.717, 1.165) is 16.8 Å². The molecule has 0 saturated heterocycles. The molecule has 0 atom stereocenters. The van der Waals surface area contributed by atoms with Crippen molar-refractivity contribution < 1.29 is 4.74 Å². The van der Waals surface area contributed by atoms with Crippen molar-refractivity contribution in [2.75, 3.05) is 0 Å². The molecular weight excluding hydrogens is 414 g/mol. The smallest absolute Gasteiger partial charge is 0.261 e. The van der Waals surface area contributed by atoms with E-state index in [-0.39, 0.29) is 12.2 Å². The standard InChI is InChI=1S/C26H23N5O2/c1-19-27-25-13-12-23(14-24(25)26(32)31(19)16-21-10-6-3-7-11-21)33-18-22-17-30(29-28-22)15-20-8-4-2-5-9-20/h2-14,17H,15-16,18H2,1H3. The van der Waals surface area contributed by atoms with Crippen LogP contribution in [0.3, 0.4) is 0 Å². The van der Waals surface area contributed by atoms with Crippen molar-refractivity contribution in [3.05, 3.63) is 118 Å². The van der Waals surface area contributed by atoms with Gasteiger partial charge in [-0.2, -0.15) is 0 Å². The molecule has 5 rings (SSSR count). The van der Waals surface area contributed by atoms with Crippen molar-refractivity contribution in [2.45, 2.75) is 26.6 Å². The van der Waals surface area contributed by atoms with Gasteiger partial charge in [-0.25, -0.2) is 9.67 Å². The first kappa shape index (κ1) is 20.6. The Hall–Kier alpha value is -4.26. The maximum Gasteiger partial charge on any atom is 0.261 e. The second-order valence-electron chi connectivity index (χ2n) is 7.90. The minimum atomic E-state index is -0.0828. The summed E-state index contributed by atoms with van der Waals surface area (Å²) in [6.07, 6.45) is 1.87. The van der Waals surface area contributed by atoms with E-state index < -0.39 is 0 Å². The molecule has 0 bridgehead atoms. The molecule has 164 valence electrons. The lowest BCUT2D eigenvalue weighted by Crippen LogP contribution is -2.24. The van der Waals surface area contributed by atoms with Gasteiger partial charge in [-0.3, -0.25) is 9.36 Å². The number of hydrogen-bond acceptors (Lipinski definition) is 5. The molecule has 0 aliphatic carbocycles. The second kappa shape index (κ2) is 9.08. The Morgan fingerprint density at radius 2 is 1.58 bits per heavy atom. The molecule has 0 fully saturated rings. The molecule has 3 aromatic carbocycles. The lowest BCUT2D eigenvalue weighted by atomic mass is 10.2. The van der Waals surface area contributed by atoms with Gasteiger partial charge in [0, 0.05) is 0 Å². The topological polar surface area (TPSA) is 74.8 Å². The van der Waals surface area contributed by atoms with Crippen LogP contribution in [-0.4, -0.2) is 24.5 Å². The van der Waals surface area contributed by atoms with E-state index in [1.165, 1.54) is 0 Å². The summed E-state index contributed by atoms with van der Waals surface area (Å²) in [7, 11) is 0. The lowest BCUT2D eigenvalue weighted by molar-refractivity contribution is 0.301. The maximum absolute atomic E-state index is 13.2. The third kappa shape index (κ3) is 4.67. The van der Waals surface area contributed by atoms with Crippen LogP contribution in [0.1, 0.15) is 22.6 Å². The van der Waals surface area contributed by atoms with Gasteiger partial charge in [0.1, 0.15) is 23.9 Å². The Kier molecular flexibility index (Phi) is 5.68. The van der Waals surface area contributed by atoms with Crippen LogP contribution in [0.4, 0.5) is 0 Å². The van der Waals surface area contributed by atoms with Gasteiger partial charge in [0.25, 0.3) is 5.56 Å². The van der Waals surface area contributed by atoms with E-state index in [0.29, 0.717) is 35.6 Å². The molecule has 0 radical (unpaired) electrons. The van der Waals surface area contributed by atoms with Crippen molar-refractivity contribution >= 4 is 10.9 Å². The summed E-state index contributed by atoms with van der Waals surface area (Å²) >= 11 is 0. The molecule has 0 amide bonds. The summed E-state index contributed by atoms with van der Waals surface area (Å²) in [5.41, 5.74) is 3.49. The predicted molar refractivity (Wildman–Crippen MR) is 126 cm³/mol. The highest BCUT2D eigenvalue weighted by Crippen LogP contribution is 2.19. The van der Waals surface area contributed by atoms with Crippen LogP contribution in [0.5, 0.6) is 5.75 Å². The fourth-order valence-corrected chi connectivity index (χ4v) is 3.76. The van der Waals surface area contributed by atoms with Gasteiger partial charge < -0.3 is 4.74 Å². The zero-order valence-electron chi connectivity index (χ0n) is 18.3. The molecule has 0 saturated carbocycles. The molecule has 0 N–H and O–H groups in total.